The van der Waals surface area contributed by atoms with Crippen molar-refractivity contribution in [1.29, 1.82) is 0 Å². The van der Waals surface area contributed by atoms with Crippen molar-refractivity contribution in [3.05, 3.63) is 59.7 Å². The summed E-state index contributed by atoms with van der Waals surface area (Å²) in [6, 6.07) is 14.7. The van der Waals surface area contributed by atoms with Crippen molar-refractivity contribution < 1.29 is 23.9 Å². The first-order valence-corrected chi connectivity index (χ1v) is 10.6. The third-order valence-electron chi connectivity index (χ3n) is 5.37. The topological polar surface area (TPSA) is 93.7 Å². The Hall–Kier alpha value is -3.35. The third-order valence-corrected chi connectivity index (χ3v) is 5.37. The van der Waals surface area contributed by atoms with Crippen LogP contribution >= 0.6 is 0 Å². The minimum Gasteiger partial charge on any atom is -0.467 e. The molecule has 0 unspecified atom stereocenters. The van der Waals surface area contributed by atoms with Crippen LogP contribution in [0.3, 0.4) is 0 Å². The van der Waals surface area contributed by atoms with Gasteiger partial charge in [0.25, 0.3) is 0 Å². The molecule has 0 heterocycles. The smallest absolute Gasteiger partial charge is 0.408 e. The molecule has 7 nitrogen and oxygen atoms in total. The second-order valence-electron chi connectivity index (χ2n) is 9.10. The van der Waals surface area contributed by atoms with Gasteiger partial charge in [0.2, 0.25) is 5.91 Å². The van der Waals surface area contributed by atoms with Gasteiger partial charge in [0, 0.05) is 12.8 Å². The maximum Gasteiger partial charge on any atom is 0.408 e. The predicted octanol–water partition coefficient (Wildman–Crippen LogP) is 3.39. The Morgan fingerprint density at radius 3 is 1.91 bits per heavy atom. The van der Waals surface area contributed by atoms with E-state index in [0.717, 1.165) is 22.3 Å². The summed E-state index contributed by atoms with van der Waals surface area (Å²) in [4.78, 5) is 38.3. The molecule has 2 amide bonds. The molecule has 0 saturated heterocycles. The molecule has 3 rings (SSSR count). The number of methoxy groups -OCH3 is 1. The summed E-state index contributed by atoms with van der Waals surface area (Å²) >= 11 is 0. The first kappa shape index (κ1) is 23.3. The molecule has 1 aliphatic carbocycles. The van der Waals surface area contributed by atoms with Crippen molar-refractivity contribution in [1.82, 2.24) is 10.6 Å². The summed E-state index contributed by atoms with van der Waals surface area (Å²) in [5, 5.41) is 5.42. The molecule has 7 heteroatoms. The fourth-order valence-electron chi connectivity index (χ4n) is 3.96. The average molecular weight is 439 g/mol. The number of rotatable bonds is 4. The number of fused-ring (bicyclic) bond motifs is 3. The molecule has 0 fully saturated rings. The molecule has 2 aromatic rings. The Kier molecular flexibility index (Phi) is 6.57. The lowest BCUT2D eigenvalue weighted by atomic mass is 9.86. The van der Waals surface area contributed by atoms with E-state index >= 15 is 0 Å². The Labute approximate surface area is 188 Å². The van der Waals surface area contributed by atoms with E-state index in [0.29, 0.717) is 0 Å². The molecule has 1 aliphatic rings. The zero-order chi connectivity index (χ0) is 23.5. The lowest BCUT2D eigenvalue weighted by molar-refractivity contribution is -0.151. The van der Waals surface area contributed by atoms with E-state index in [4.69, 9.17) is 9.47 Å². The summed E-state index contributed by atoms with van der Waals surface area (Å²) in [6.45, 7) is 6.76. The van der Waals surface area contributed by atoms with Crippen LogP contribution in [0.25, 0.3) is 11.1 Å². The SMILES string of the molecule is COC(=O)C1(NC(=O)[C@@H](C)NC(=O)OC(C)(C)C)Cc2ccccc2-c2ccccc2C1. The molecular formula is C25H30N2O5. The fourth-order valence-corrected chi connectivity index (χ4v) is 3.96. The minimum absolute atomic E-state index is 0.259. The normalized spacial score (nSPS) is 15.3. The van der Waals surface area contributed by atoms with Crippen LogP contribution in [0.5, 0.6) is 0 Å². The first-order valence-electron chi connectivity index (χ1n) is 10.6. The molecule has 170 valence electrons. The van der Waals surface area contributed by atoms with Gasteiger partial charge in [-0.1, -0.05) is 48.5 Å². The monoisotopic (exact) mass is 438 g/mol. The summed E-state index contributed by atoms with van der Waals surface area (Å²) < 4.78 is 10.4. The molecule has 0 aliphatic heterocycles. The standard InChI is InChI=1S/C25H30N2O5/c1-16(26-23(30)32-24(2,3)4)21(28)27-25(22(29)31-5)14-17-10-6-8-12-19(17)20-13-9-7-11-18(20)15-25/h6-13,16H,14-15H2,1-5H3,(H,26,30)(H,27,28)/t16-/m1/s1. The van der Waals surface area contributed by atoms with E-state index in [1.165, 1.54) is 7.11 Å². The van der Waals surface area contributed by atoms with Crippen LogP contribution in [0.15, 0.2) is 48.5 Å². The van der Waals surface area contributed by atoms with Gasteiger partial charge < -0.3 is 20.1 Å². The Morgan fingerprint density at radius 1 is 0.938 bits per heavy atom. The van der Waals surface area contributed by atoms with Crippen molar-refractivity contribution in [2.75, 3.05) is 7.11 Å². The van der Waals surface area contributed by atoms with E-state index in [1.54, 1.807) is 27.7 Å². The maximum absolute atomic E-state index is 13.1. The van der Waals surface area contributed by atoms with Gasteiger partial charge in [0.05, 0.1) is 7.11 Å². The van der Waals surface area contributed by atoms with Gasteiger partial charge in [-0.05, 0) is 49.9 Å². The van der Waals surface area contributed by atoms with Crippen molar-refractivity contribution in [2.45, 2.75) is 57.7 Å². The number of esters is 1. The van der Waals surface area contributed by atoms with Crippen molar-refractivity contribution in [2.24, 2.45) is 0 Å². The molecule has 0 aromatic heterocycles. The van der Waals surface area contributed by atoms with Gasteiger partial charge in [-0.3, -0.25) is 4.79 Å². The highest BCUT2D eigenvalue weighted by molar-refractivity contribution is 5.93. The van der Waals surface area contributed by atoms with Crippen LogP contribution in [0.2, 0.25) is 0 Å². The number of amides is 2. The summed E-state index contributed by atoms with van der Waals surface area (Å²) in [5.74, 6) is -1.04. The molecule has 2 aromatic carbocycles. The second kappa shape index (κ2) is 9.02. The number of carbonyl (C=O) groups is 3. The van der Waals surface area contributed by atoms with Crippen molar-refractivity contribution in [3.8, 4) is 11.1 Å². The Bertz CT molecular complexity index is 977. The zero-order valence-electron chi connectivity index (χ0n) is 19.2. The van der Waals surface area contributed by atoms with E-state index in [2.05, 4.69) is 10.6 Å². The molecule has 0 spiro atoms. The zero-order valence-corrected chi connectivity index (χ0v) is 19.2. The van der Waals surface area contributed by atoms with Gasteiger partial charge in [0.1, 0.15) is 17.2 Å². The molecule has 0 radical (unpaired) electrons. The van der Waals surface area contributed by atoms with Crippen LogP contribution in [0.1, 0.15) is 38.8 Å². The number of ether oxygens (including phenoxy) is 2. The highest BCUT2D eigenvalue weighted by atomic mass is 16.6. The first-order chi connectivity index (χ1) is 15.0. The highest BCUT2D eigenvalue weighted by Gasteiger charge is 2.44. The fraction of sp³-hybridized carbons (Fsp3) is 0.400. The predicted molar refractivity (Wildman–Crippen MR) is 121 cm³/mol. The third kappa shape index (κ3) is 5.10. The number of benzene rings is 2. The summed E-state index contributed by atoms with van der Waals surface area (Å²) in [5.41, 5.74) is 1.87. The Balaban J connectivity index is 1.93. The number of hydrogen-bond donors (Lipinski definition) is 2. The van der Waals surface area contributed by atoms with Crippen LogP contribution in [0, 0.1) is 0 Å². The molecular weight excluding hydrogens is 408 g/mol. The van der Waals surface area contributed by atoms with E-state index < -0.39 is 35.2 Å². The molecule has 1 atom stereocenters. The maximum atomic E-state index is 13.1. The number of hydrogen-bond acceptors (Lipinski definition) is 5. The van der Waals surface area contributed by atoms with Crippen molar-refractivity contribution >= 4 is 18.0 Å². The summed E-state index contributed by atoms with van der Waals surface area (Å²) in [6.07, 6.45) is -0.186. The van der Waals surface area contributed by atoms with Crippen molar-refractivity contribution in [3.63, 3.8) is 0 Å². The van der Waals surface area contributed by atoms with Crippen LogP contribution in [-0.4, -0.2) is 42.3 Å². The van der Waals surface area contributed by atoms with Gasteiger partial charge >= 0.3 is 12.1 Å². The largest absolute Gasteiger partial charge is 0.467 e. The van der Waals surface area contributed by atoms with Crippen LogP contribution in [0.4, 0.5) is 4.79 Å². The average Bonchev–Trinajstić information content (AvgIpc) is 2.86. The lowest BCUT2D eigenvalue weighted by Gasteiger charge is -2.33. The van der Waals surface area contributed by atoms with Gasteiger partial charge in [0.15, 0.2) is 0 Å². The quantitative estimate of drug-likeness (QED) is 0.714. The van der Waals surface area contributed by atoms with Gasteiger partial charge in [-0.15, -0.1) is 0 Å². The minimum atomic E-state index is -1.32. The van der Waals surface area contributed by atoms with E-state index in [-0.39, 0.29) is 12.8 Å². The number of carbonyl (C=O) groups excluding carboxylic acids is 3. The number of alkyl carbamates (subject to hydrolysis) is 1. The van der Waals surface area contributed by atoms with Crippen LogP contribution < -0.4 is 10.6 Å². The van der Waals surface area contributed by atoms with E-state index in [1.807, 2.05) is 48.5 Å². The summed E-state index contributed by atoms with van der Waals surface area (Å²) in [7, 11) is 1.31. The van der Waals surface area contributed by atoms with Gasteiger partial charge in [-0.25, -0.2) is 9.59 Å². The molecule has 0 bridgehead atoms. The molecule has 32 heavy (non-hydrogen) atoms. The lowest BCUT2D eigenvalue weighted by Crippen LogP contribution is -2.61. The second-order valence-corrected chi connectivity index (χ2v) is 9.10. The van der Waals surface area contributed by atoms with Crippen LogP contribution in [-0.2, 0) is 31.9 Å². The van der Waals surface area contributed by atoms with E-state index in [9.17, 15) is 14.4 Å². The highest BCUT2D eigenvalue weighted by Crippen LogP contribution is 2.36. The molecule has 0 saturated carbocycles. The van der Waals surface area contributed by atoms with Gasteiger partial charge in [-0.2, -0.15) is 0 Å². The molecule has 2 N–H and O–H groups in total. The number of nitrogens with one attached hydrogen (secondary N) is 2. The Morgan fingerprint density at radius 2 is 1.44 bits per heavy atom.